The monoisotopic (exact) mass is 339 g/mol. The smallest absolute Gasteiger partial charge is 0.224 e. The van der Waals surface area contributed by atoms with Crippen molar-refractivity contribution in [1.29, 1.82) is 0 Å². The van der Waals surface area contributed by atoms with E-state index in [0.29, 0.717) is 12.8 Å². The largest absolute Gasteiger partial charge is 0.326 e. The van der Waals surface area contributed by atoms with E-state index in [1.165, 1.54) is 0 Å². The topological polar surface area (TPSA) is 72.7 Å². The molecule has 0 saturated heterocycles. The van der Waals surface area contributed by atoms with Gasteiger partial charge in [-0.3, -0.25) is 4.79 Å². The van der Waals surface area contributed by atoms with E-state index in [1.807, 2.05) is 29.6 Å². The molecule has 3 aromatic rings. The second-order valence-corrected chi connectivity index (χ2v) is 6.52. The lowest BCUT2D eigenvalue weighted by molar-refractivity contribution is -0.116. The van der Waals surface area contributed by atoms with E-state index < -0.39 is 0 Å². The second-order valence-electron chi connectivity index (χ2n) is 5.80. The molecule has 122 valence electrons. The summed E-state index contributed by atoms with van der Waals surface area (Å²) in [5.41, 5.74) is 4.57. The lowest BCUT2D eigenvalue weighted by Crippen LogP contribution is -2.12. The lowest BCUT2D eigenvalue weighted by atomic mass is 10.2. The Hall–Kier alpha value is -2.54. The van der Waals surface area contributed by atoms with E-state index in [0.717, 1.165) is 48.0 Å². The summed E-state index contributed by atoms with van der Waals surface area (Å²) < 4.78 is 2.17. The lowest BCUT2D eigenvalue weighted by Gasteiger charge is -2.07. The van der Waals surface area contributed by atoms with Crippen molar-refractivity contribution < 1.29 is 4.79 Å². The van der Waals surface area contributed by atoms with Crippen LogP contribution in [-0.4, -0.2) is 25.7 Å². The molecule has 1 aliphatic heterocycles. The average Bonchev–Trinajstić information content (AvgIpc) is 3.32. The molecule has 4 rings (SSSR count). The fourth-order valence-corrected chi connectivity index (χ4v) is 3.49. The number of aromatic nitrogens is 4. The third kappa shape index (κ3) is 3.07. The minimum absolute atomic E-state index is 0.000815. The maximum absolute atomic E-state index is 12.0. The van der Waals surface area contributed by atoms with Gasteiger partial charge in [-0.15, -0.1) is 21.5 Å². The van der Waals surface area contributed by atoms with Crippen molar-refractivity contribution in [3.63, 3.8) is 0 Å². The molecule has 0 fully saturated rings. The van der Waals surface area contributed by atoms with Gasteiger partial charge in [-0.2, -0.15) is 0 Å². The molecule has 1 N–H and O–H groups in total. The van der Waals surface area contributed by atoms with Crippen molar-refractivity contribution in [3.05, 3.63) is 46.7 Å². The molecular weight excluding hydrogens is 322 g/mol. The highest BCUT2D eigenvalue weighted by molar-refractivity contribution is 7.07. The number of hydrogen-bond acceptors (Lipinski definition) is 5. The van der Waals surface area contributed by atoms with Crippen molar-refractivity contribution in [2.75, 3.05) is 5.32 Å². The summed E-state index contributed by atoms with van der Waals surface area (Å²) in [4.78, 5) is 16.2. The Labute approximate surface area is 143 Å². The molecule has 0 spiro atoms. The summed E-state index contributed by atoms with van der Waals surface area (Å²) in [5, 5.41) is 13.4. The highest BCUT2D eigenvalue weighted by atomic mass is 32.1. The summed E-state index contributed by atoms with van der Waals surface area (Å²) in [6.07, 6.45) is 3.23. The van der Waals surface area contributed by atoms with Crippen molar-refractivity contribution >= 4 is 22.9 Å². The number of fused-ring (bicyclic) bond motifs is 1. The number of benzene rings is 1. The van der Waals surface area contributed by atoms with Gasteiger partial charge in [0.2, 0.25) is 5.91 Å². The van der Waals surface area contributed by atoms with E-state index >= 15 is 0 Å². The zero-order valence-electron chi connectivity index (χ0n) is 13.1. The minimum atomic E-state index is -0.000815. The van der Waals surface area contributed by atoms with E-state index in [9.17, 15) is 4.79 Å². The van der Waals surface area contributed by atoms with Crippen LogP contribution in [0.5, 0.6) is 0 Å². The van der Waals surface area contributed by atoms with Gasteiger partial charge < -0.3 is 9.88 Å². The Bertz CT molecular complexity index is 839. The molecule has 0 unspecified atom stereocenters. The third-order valence-electron chi connectivity index (χ3n) is 4.13. The number of hydrogen-bond donors (Lipinski definition) is 1. The van der Waals surface area contributed by atoms with Gasteiger partial charge in [0.1, 0.15) is 5.82 Å². The van der Waals surface area contributed by atoms with E-state index in [1.54, 1.807) is 16.8 Å². The quantitative estimate of drug-likeness (QED) is 0.776. The van der Waals surface area contributed by atoms with Crippen LogP contribution in [0.15, 0.2) is 35.2 Å². The number of thiazole rings is 1. The molecule has 1 amide bonds. The van der Waals surface area contributed by atoms with Gasteiger partial charge in [-0.1, -0.05) is 0 Å². The number of anilines is 1. The number of rotatable bonds is 5. The van der Waals surface area contributed by atoms with Gasteiger partial charge in [-0.05, 0) is 37.1 Å². The van der Waals surface area contributed by atoms with Gasteiger partial charge in [0, 0.05) is 36.0 Å². The SMILES string of the molecule is O=C(CCc1cscn1)Nc1ccc(-c2nnc3n2CCC3)cc1. The number of aryl methyl sites for hydroxylation is 2. The van der Waals surface area contributed by atoms with Crippen LogP contribution in [0.25, 0.3) is 11.4 Å². The predicted octanol–water partition coefficient (Wildman–Crippen LogP) is 2.92. The molecule has 2 aromatic heterocycles. The highest BCUT2D eigenvalue weighted by Crippen LogP contribution is 2.24. The van der Waals surface area contributed by atoms with Crippen molar-refractivity contribution in [1.82, 2.24) is 19.7 Å². The summed E-state index contributed by atoms with van der Waals surface area (Å²) >= 11 is 1.55. The maximum Gasteiger partial charge on any atom is 0.224 e. The molecule has 7 heteroatoms. The van der Waals surface area contributed by atoms with Gasteiger partial charge in [-0.25, -0.2) is 4.98 Å². The van der Waals surface area contributed by atoms with E-state index in [2.05, 4.69) is 25.1 Å². The molecule has 6 nitrogen and oxygen atoms in total. The van der Waals surface area contributed by atoms with Gasteiger partial charge in [0.15, 0.2) is 5.82 Å². The molecule has 0 atom stereocenters. The molecule has 0 saturated carbocycles. The molecule has 0 bridgehead atoms. The number of nitrogens with one attached hydrogen (secondary N) is 1. The Morgan fingerprint density at radius 3 is 2.92 bits per heavy atom. The Balaban J connectivity index is 1.39. The Morgan fingerprint density at radius 2 is 2.12 bits per heavy atom. The second kappa shape index (κ2) is 6.52. The van der Waals surface area contributed by atoms with Gasteiger partial charge >= 0.3 is 0 Å². The van der Waals surface area contributed by atoms with Crippen LogP contribution in [0.4, 0.5) is 5.69 Å². The molecule has 1 aromatic carbocycles. The maximum atomic E-state index is 12.0. The average molecular weight is 339 g/mol. The summed E-state index contributed by atoms with van der Waals surface area (Å²) in [6, 6.07) is 7.77. The first-order chi connectivity index (χ1) is 11.8. The van der Waals surface area contributed by atoms with Crippen LogP contribution < -0.4 is 5.32 Å². The highest BCUT2D eigenvalue weighted by Gasteiger charge is 2.18. The fraction of sp³-hybridized carbons (Fsp3) is 0.294. The van der Waals surface area contributed by atoms with Crippen LogP contribution in [0.2, 0.25) is 0 Å². The van der Waals surface area contributed by atoms with Crippen LogP contribution >= 0.6 is 11.3 Å². The predicted molar refractivity (Wildman–Crippen MR) is 92.8 cm³/mol. The van der Waals surface area contributed by atoms with Crippen molar-refractivity contribution in [2.24, 2.45) is 0 Å². The fourth-order valence-electron chi connectivity index (χ4n) is 2.89. The molecular formula is C17H17N5OS. The minimum Gasteiger partial charge on any atom is -0.326 e. The zero-order chi connectivity index (χ0) is 16.4. The van der Waals surface area contributed by atoms with E-state index in [4.69, 9.17) is 0 Å². The molecule has 3 heterocycles. The number of carbonyl (C=O) groups excluding carboxylic acids is 1. The standard InChI is InChI=1S/C17H17N5OS/c23-16(8-7-14-10-24-11-18-14)19-13-5-3-12(4-6-13)17-21-20-15-2-1-9-22(15)17/h3-6,10-11H,1-2,7-9H2,(H,19,23). The summed E-state index contributed by atoms with van der Waals surface area (Å²) in [7, 11) is 0. The van der Waals surface area contributed by atoms with Crippen LogP contribution in [0, 0.1) is 0 Å². The normalized spacial score (nSPS) is 13.0. The van der Waals surface area contributed by atoms with Crippen LogP contribution in [0.3, 0.4) is 0 Å². The number of amides is 1. The molecule has 24 heavy (non-hydrogen) atoms. The summed E-state index contributed by atoms with van der Waals surface area (Å²) in [5.74, 6) is 1.97. The van der Waals surface area contributed by atoms with Gasteiger partial charge in [0.25, 0.3) is 0 Å². The molecule has 0 aliphatic carbocycles. The molecule has 1 aliphatic rings. The first-order valence-electron chi connectivity index (χ1n) is 7.99. The van der Waals surface area contributed by atoms with Crippen molar-refractivity contribution in [3.8, 4) is 11.4 Å². The molecule has 0 radical (unpaired) electrons. The van der Waals surface area contributed by atoms with Crippen LogP contribution in [-0.2, 0) is 24.2 Å². The zero-order valence-corrected chi connectivity index (χ0v) is 13.9. The third-order valence-corrected chi connectivity index (χ3v) is 4.76. The Kier molecular flexibility index (Phi) is 4.08. The number of nitrogens with zero attached hydrogens (tertiary/aromatic N) is 4. The Morgan fingerprint density at radius 1 is 1.25 bits per heavy atom. The number of carbonyl (C=O) groups is 1. The van der Waals surface area contributed by atoms with Gasteiger partial charge in [0.05, 0.1) is 11.2 Å². The van der Waals surface area contributed by atoms with Crippen molar-refractivity contribution in [2.45, 2.75) is 32.2 Å². The van der Waals surface area contributed by atoms with Crippen LogP contribution in [0.1, 0.15) is 24.4 Å². The van der Waals surface area contributed by atoms with E-state index in [-0.39, 0.29) is 5.91 Å². The first kappa shape index (κ1) is 15.0. The summed E-state index contributed by atoms with van der Waals surface area (Å²) in [6.45, 7) is 0.979. The first-order valence-corrected chi connectivity index (χ1v) is 8.93.